The molecule has 4 aromatic rings. The molecule has 0 spiro atoms. The lowest BCUT2D eigenvalue weighted by Gasteiger charge is -2.62. The second kappa shape index (κ2) is 11.7. The van der Waals surface area contributed by atoms with Crippen LogP contribution in [-0.4, -0.2) is 94.7 Å². The Bertz CT molecular complexity index is 1730. The van der Waals surface area contributed by atoms with Crippen molar-refractivity contribution in [1.82, 2.24) is 19.6 Å². The molecular formula is C38H34N4O6. The molecule has 0 bridgehead atoms. The van der Waals surface area contributed by atoms with Crippen LogP contribution >= 0.6 is 0 Å². The number of hydrogen-bond donors (Lipinski definition) is 0. The predicted octanol–water partition coefficient (Wildman–Crippen LogP) is 4.10. The maximum absolute atomic E-state index is 13.8. The fourth-order valence-corrected chi connectivity index (χ4v) is 7.80. The zero-order chi connectivity index (χ0) is 33.1. The molecule has 0 unspecified atom stereocenters. The third-order valence-electron chi connectivity index (χ3n) is 10.2. The number of nitrogens with zero attached hydrogens (tertiary/aromatic N) is 4. The Kier molecular flexibility index (Phi) is 7.34. The summed E-state index contributed by atoms with van der Waals surface area (Å²) in [4.78, 5) is 62.5. The van der Waals surface area contributed by atoms with Crippen molar-refractivity contribution < 1.29 is 28.7 Å². The van der Waals surface area contributed by atoms with Gasteiger partial charge in [-0.3, -0.25) is 38.8 Å². The van der Waals surface area contributed by atoms with Crippen LogP contribution in [0.2, 0.25) is 0 Å². The van der Waals surface area contributed by atoms with Gasteiger partial charge >= 0.3 is 0 Å². The van der Waals surface area contributed by atoms with Gasteiger partial charge in [-0.1, -0.05) is 48.5 Å². The van der Waals surface area contributed by atoms with Crippen molar-refractivity contribution in [3.05, 3.63) is 130 Å². The van der Waals surface area contributed by atoms with Crippen LogP contribution in [0.25, 0.3) is 0 Å². The number of carbonyl (C=O) groups excluding carboxylic acids is 4. The van der Waals surface area contributed by atoms with Gasteiger partial charge in [0.25, 0.3) is 23.6 Å². The van der Waals surface area contributed by atoms with E-state index >= 15 is 0 Å². The second-order valence-electron chi connectivity index (χ2n) is 12.7. The van der Waals surface area contributed by atoms with E-state index in [9.17, 15) is 19.2 Å². The average molecular weight is 643 g/mol. The van der Waals surface area contributed by atoms with Gasteiger partial charge in [-0.25, -0.2) is 0 Å². The molecule has 48 heavy (non-hydrogen) atoms. The van der Waals surface area contributed by atoms with E-state index in [0.29, 0.717) is 48.4 Å². The van der Waals surface area contributed by atoms with Gasteiger partial charge in [0.2, 0.25) is 0 Å². The van der Waals surface area contributed by atoms with Gasteiger partial charge in [-0.15, -0.1) is 0 Å². The van der Waals surface area contributed by atoms with Gasteiger partial charge in [-0.05, 0) is 59.7 Å². The Balaban J connectivity index is 1.17. The van der Waals surface area contributed by atoms with Crippen molar-refractivity contribution in [2.24, 2.45) is 0 Å². The van der Waals surface area contributed by atoms with Crippen LogP contribution in [0.5, 0.6) is 11.5 Å². The first kappa shape index (κ1) is 30.0. The Morgan fingerprint density at radius 1 is 0.500 bits per heavy atom. The molecule has 2 saturated heterocycles. The summed E-state index contributed by atoms with van der Waals surface area (Å²) in [6.07, 6.45) is 0. The van der Waals surface area contributed by atoms with Crippen molar-refractivity contribution in [3.8, 4) is 11.5 Å². The smallest absolute Gasteiger partial charge is 0.261 e. The van der Waals surface area contributed by atoms with E-state index in [-0.39, 0.29) is 35.7 Å². The fourth-order valence-electron chi connectivity index (χ4n) is 7.80. The highest BCUT2D eigenvalue weighted by Gasteiger charge is 2.61. The van der Waals surface area contributed by atoms with Crippen LogP contribution < -0.4 is 9.47 Å². The Morgan fingerprint density at radius 3 is 1.10 bits per heavy atom. The highest BCUT2D eigenvalue weighted by Crippen LogP contribution is 2.42. The molecule has 0 saturated carbocycles. The molecule has 0 N–H and O–H groups in total. The first-order valence-corrected chi connectivity index (χ1v) is 16.1. The Labute approximate surface area is 278 Å². The highest BCUT2D eigenvalue weighted by atomic mass is 16.5. The lowest BCUT2D eigenvalue weighted by atomic mass is 9.77. The Morgan fingerprint density at radius 2 is 0.812 bits per heavy atom. The zero-order valence-corrected chi connectivity index (χ0v) is 26.6. The molecule has 4 aliphatic heterocycles. The minimum absolute atomic E-state index is 0.312. The fraction of sp³-hybridized carbons (Fsp3) is 0.263. The maximum atomic E-state index is 13.8. The molecule has 4 amide bonds. The van der Waals surface area contributed by atoms with E-state index in [1.165, 1.54) is 9.80 Å². The molecule has 10 nitrogen and oxygen atoms in total. The average Bonchev–Trinajstić information content (AvgIpc) is 3.51. The number of methoxy groups -OCH3 is 2. The standard InChI is InChI=1S/C38H34N4O6/c1-47-25-15-11-23(12-16-25)19-39-21-31(41-35(43)27-7-3-4-8-28(27)36(41)44)33(39)34-32(22-40(34)20-24-13-17-26(48-2)18-14-24)42-37(45)29-9-5-6-10-30(29)38(42)46/h3-18,31-34H,19-22H2,1-2H3/t31-,32-,33+,34+/m1/s1. The molecule has 242 valence electrons. The van der Waals surface area contributed by atoms with E-state index in [2.05, 4.69) is 9.80 Å². The van der Waals surface area contributed by atoms with Gasteiger partial charge in [0.1, 0.15) is 11.5 Å². The predicted molar refractivity (Wildman–Crippen MR) is 176 cm³/mol. The van der Waals surface area contributed by atoms with E-state index in [1.54, 1.807) is 62.8 Å². The summed E-state index contributed by atoms with van der Waals surface area (Å²) in [5.41, 5.74) is 3.68. The summed E-state index contributed by atoms with van der Waals surface area (Å²) in [6.45, 7) is 2.03. The summed E-state index contributed by atoms with van der Waals surface area (Å²) in [6, 6.07) is 27.9. The van der Waals surface area contributed by atoms with E-state index in [1.807, 2.05) is 48.5 Å². The molecule has 4 aromatic carbocycles. The number of ether oxygens (including phenoxy) is 2. The largest absolute Gasteiger partial charge is 0.497 e. The summed E-state index contributed by atoms with van der Waals surface area (Å²) in [5.74, 6) is 0.248. The highest BCUT2D eigenvalue weighted by molar-refractivity contribution is 6.22. The van der Waals surface area contributed by atoms with Crippen LogP contribution in [0, 0.1) is 0 Å². The molecule has 0 radical (unpaired) electrons. The zero-order valence-electron chi connectivity index (χ0n) is 26.6. The number of imide groups is 2. The van der Waals surface area contributed by atoms with Crippen molar-refractivity contribution >= 4 is 23.6 Å². The summed E-state index contributed by atoms with van der Waals surface area (Å²) < 4.78 is 10.7. The van der Waals surface area contributed by atoms with Crippen LogP contribution in [0.4, 0.5) is 0 Å². The first-order chi connectivity index (χ1) is 23.4. The third kappa shape index (κ3) is 4.70. The molecule has 2 fully saturated rings. The monoisotopic (exact) mass is 642 g/mol. The number of hydrogen-bond acceptors (Lipinski definition) is 8. The van der Waals surface area contributed by atoms with Gasteiger partial charge < -0.3 is 9.47 Å². The molecule has 0 aliphatic carbocycles. The number of amides is 4. The first-order valence-electron chi connectivity index (χ1n) is 16.1. The quantitative estimate of drug-likeness (QED) is 0.252. The normalized spacial score (nSPS) is 23.5. The van der Waals surface area contributed by atoms with Crippen LogP contribution in [0.15, 0.2) is 97.1 Å². The van der Waals surface area contributed by atoms with Crippen molar-refractivity contribution in [3.63, 3.8) is 0 Å². The lowest BCUT2D eigenvalue weighted by molar-refractivity contribution is -0.120. The number of likely N-dealkylation sites (tertiary alicyclic amines) is 2. The molecule has 10 heteroatoms. The van der Waals surface area contributed by atoms with Crippen LogP contribution in [0.3, 0.4) is 0 Å². The number of rotatable bonds is 9. The van der Waals surface area contributed by atoms with Crippen molar-refractivity contribution in [1.29, 1.82) is 0 Å². The molecule has 4 heterocycles. The number of benzene rings is 4. The van der Waals surface area contributed by atoms with Gasteiger partial charge in [0, 0.05) is 38.3 Å². The minimum Gasteiger partial charge on any atom is -0.497 e. The Hall–Kier alpha value is -5.32. The molecular weight excluding hydrogens is 608 g/mol. The molecule has 4 atom stereocenters. The summed E-state index contributed by atoms with van der Waals surface area (Å²) in [5, 5.41) is 0. The van der Waals surface area contributed by atoms with Crippen LogP contribution in [-0.2, 0) is 13.1 Å². The maximum Gasteiger partial charge on any atom is 0.261 e. The SMILES string of the molecule is COc1ccc(CN2C[C@@H](N3C(=O)c4ccccc4C3=O)[C@H]2[C@@H]2[C@H](N3C(=O)c4ccccc4C3=O)CN2Cc2ccc(OC)cc2)cc1. The van der Waals surface area contributed by atoms with Gasteiger partial charge in [-0.2, -0.15) is 0 Å². The third-order valence-corrected chi connectivity index (χ3v) is 10.2. The topological polar surface area (TPSA) is 99.7 Å². The number of fused-ring (bicyclic) bond motifs is 2. The van der Waals surface area contributed by atoms with Gasteiger partial charge in [0.15, 0.2) is 0 Å². The second-order valence-corrected chi connectivity index (χ2v) is 12.7. The molecule has 0 aromatic heterocycles. The summed E-state index contributed by atoms with van der Waals surface area (Å²) >= 11 is 0. The summed E-state index contributed by atoms with van der Waals surface area (Å²) in [7, 11) is 3.25. The molecule has 4 aliphatic rings. The van der Waals surface area contributed by atoms with E-state index in [0.717, 1.165) is 22.6 Å². The number of carbonyl (C=O) groups is 4. The van der Waals surface area contributed by atoms with Crippen LogP contribution in [0.1, 0.15) is 52.6 Å². The lowest BCUT2D eigenvalue weighted by Crippen LogP contribution is -2.81. The van der Waals surface area contributed by atoms with E-state index in [4.69, 9.17) is 9.47 Å². The minimum atomic E-state index is -0.461. The van der Waals surface area contributed by atoms with Crippen molar-refractivity contribution in [2.75, 3.05) is 27.3 Å². The molecule has 8 rings (SSSR count). The van der Waals surface area contributed by atoms with E-state index < -0.39 is 12.1 Å². The van der Waals surface area contributed by atoms with Gasteiger partial charge in [0.05, 0.1) is 48.6 Å². The van der Waals surface area contributed by atoms with Crippen molar-refractivity contribution in [2.45, 2.75) is 37.3 Å².